The van der Waals surface area contributed by atoms with Crippen LogP contribution in [0, 0.1) is 0 Å². The van der Waals surface area contributed by atoms with Crippen LogP contribution in [0.5, 0.6) is 0 Å². The number of aliphatic hydroxyl groups is 3. The Balaban J connectivity index is 2.07. The molecule has 0 spiro atoms. The number of hydrogen-bond donors (Lipinski definition) is 6. The average molecular weight is 284 g/mol. The van der Waals surface area contributed by atoms with Crippen molar-refractivity contribution in [3.05, 3.63) is 26.7 Å². The van der Waals surface area contributed by atoms with Crippen molar-refractivity contribution in [3.8, 4) is 0 Å². The molecule has 10 heteroatoms. The molecule has 1 aliphatic heterocycles. The van der Waals surface area contributed by atoms with Crippen LogP contribution in [0.3, 0.4) is 0 Å². The maximum absolute atomic E-state index is 11.8. The van der Waals surface area contributed by atoms with Gasteiger partial charge in [0.1, 0.15) is 30.2 Å². The molecule has 0 aliphatic carbocycles. The molecule has 0 saturated carbocycles. The van der Waals surface area contributed by atoms with Gasteiger partial charge in [0.05, 0.1) is 6.61 Å². The Hall–Kier alpha value is -2.01. The van der Waals surface area contributed by atoms with Crippen LogP contribution in [0.1, 0.15) is 11.9 Å². The normalized spacial score (nSPS) is 30.1. The number of fused-ring (bicyclic) bond motifs is 1. The molecule has 1 fully saturated rings. The summed E-state index contributed by atoms with van der Waals surface area (Å²) < 4.78 is 5.25. The first kappa shape index (κ1) is 13.0. The summed E-state index contributed by atoms with van der Waals surface area (Å²) in [5.74, 6) is -0.0414. The molecule has 2 aromatic heterocycles. The van der Waals surface area contributed by atoms with E-state index < -0.39 is 42.3 Å². The van der Waals surface area contributed by atoms with Gasteiger partial charge in [0.2, 0.25) is 0 Å². The van der Waals surface area contributed by atoms with Crippen LogP contribution in [0.4, 0.5) is 0 Å². The first-order chi connectivity index (χ1) is 9.51. The Morgan fingerprint density at radius 1 is 1.15 bits per heavy atom. The summed E-state index contributed by atoms with van der Waals surface area (Å²) in [6.07, 6.45) is -4.71. The molecule has 1 aliphatic rings. The second-order valence-electron chi connectivity index (χ2n) is 4.51. The Kier molecular flexibility index (Phi) is 2.94. The number of aliphatic hydroxyl groups excluding tert-OH is 3. The molecular weight excluding hydrogens is 272 g/mol. The molecule has 10 nitrogen and oxygen atoms in total. The number of nitrogens with one attached hydrogen (secondary N) is 3. The van der Waals surface area contributed by atoms with Gasteiger partial charge >= 0.3 is 5.69 Å². The molecule has 0 radical (unpaired) electrons. The van der Waals surface area contributed by atoms with Crippen LogP contribution in [-0.4, -0.2) is 60.2 Å². The van der Waals surface area contributed by atoms with Crippen molar-refractivity contribution < 1.29 is 20.1 Å². The SMILES string of the molecule is O=c1[nH]c2nc(C3O[C@H](CO)[C@@H](O)[C@H]3O)[nH]c(=O)c2[nH]1. The van der Waals surface area contributed by atoms with Gasteiger partial charge in [0, 0.05) is 0 Å². The Bertz CT molecular complexity index is 748. The van der Waals surface area contributed by atoms with Crippen LogP contribution in [-0.2, 0) is 4.74 Å². The maximum atomic E-state index is 11.8. The van der Waals surface area contributed by atoms with Gasteiger partial charge in [-0.15, -0.1) is 0 Å². The minimum absolute atomic E-state index is 0.0199. The second-order valence-corrected chi connectivity index (χ2v) is 4.51. The summed E-state index contributed by atoms with van der Waals surface area (Å²) >= 11 is 0. The monoisotopic (exact) mass is 284 g/mol. The topological polar surface area (TPSA) is 164 Å². The van der Waals surface area contributed by atoms with Crippen molar-refractivity contribution in [2.45, 2.75) is 24.4 Å². The van der Waals surface area contributed by atoms with Gasteiger partial charge in [-0.05, 0) is 0 Å². The fraction of sp³-hybridized carbons (Fsp3) is 0.500. The van der Waals surface area contributed by atoms with E-state index in [1.54, 1.807) is 0 Å². The molecule has 108 valence electrons. The number of imidazole rings is 1. The van der Waals surface area contributed by atoms with Crippen LogP contribution < -0.4 is 11.2 Å². The lowest BCUT2D eigenvalue weighted by Gasteiger charge is -2.13. The van der Waals surface area contributed by atoms with Crippen LogP contribution in [0.2, 0.25) is 0 Å². The molecule has 0 aromatic carbocycles. The van der Waals surface area contributed by atoms with E-state index in [1.807, 2.05) is 0 Å². The number of H-pyrrole nitrogens is 3. The lowest BCUT2D eigenvalue weighted by molar-refractivity contribution is -0.0252. The number of rotatable bonds is 2. The third-order valence-corrected chi connectivity index (χ3v) is 3.22. The largest absolute Gasteiger partial charge is 0.394 e. The standard InChI is InChI=1S/C10H12N4O6/c15-1-2-4(16)5(17)6(20-2)8-12-7-3(9(18)13-8)11-10(19)14-7/h2,4-6,15-17H,1H2,(H3,11,12,13,14,18,19)/t2-,4-,5-,6?/m1/s1. The predicted octanol–water partition coefficient (Wildman–Crippen LogP) is -2.91. The van der Waals surface area contributed by atoms with E-state index in [0.717, 1.165) is 0 Å². The van der Waals surface area contributed by atoms with Crippen molar-refractivity contribution in [2.24, 2.45) is 0 Å². The highest BCUT2D eigenvalue weighted by atomic mass is 16.6. The van der Waals surface area contributed by atoms with E-state index >= 15 is 0 Å². The highest BCUT2D eigenvalue weighted by Gasteiger charge is 2.44. The molecule has 3 rings (SSSR count). The molecule has 6 N–H and O–H groups in total. The highest BCUT2D eigenvalue weighted by molar-refractivity contribution is 5.68. The summed E-state index contributed by atoms with van der Waals surface area (Å²) in [6, 6.07) is 0. The number of hydrogen-bond acceptors (Lipinski definition) is 7. The number of aromatic amines is 3. The van der Waals surface area contributed by atoms with Gasteiger partial charge in [-0.1, -0.05) is 0 Å². The predicted molar refractivity (Wildman–Crippen MR) is 64.0 cm³/mol. The maximum Gasteiger partial charge on any atom is 0.325 e. The van der Waals surface area contributed by atoms with E-state index in [4.69, 9.17) is 9.84 Å². The zero-order valence-electron chi connectivity index (χ0n) is 10.0. The number of aromatic nitrogens is 4. The summed E-state index contributed by atoms with van der Waals surface area (Å²) in [6.45, 7) is -0.484. The highest BCUT2D eigenvalue weighted by Crippen LogP contribution is 2.31. The average Bonchev–Trinajstić information content (AvgIpc) is 2.91. The van der Waals surface area contributed by atoms with E-state index in [0.29, 0.717) is 0 Å². The minimum Gasteiger partial charge on any atom is -0.394 e. The van der Waals surface area contributed by atoms with Gasteiger partial charge in [0.25, 0.3) is 5.56 Å². The zero-order valence-corrected chi connectivity index (χ0v) is 10.0. The van der Waals surface area contributed by atoms with E-state index in [-0.39, 0.29) is 17.0 Å². The fourth-order valence-electron chi connectivity index (χ4n) is 2.21. The summed E-state index contributed by atoms with van der Waals surface area (Å²) in [5, 5.41) is 28.5. The third-order valence-electron chi connectivity index (χ3n) is 3.22. The first-order valence-corrected chi connectivity index (χ1v) is 5.86. The quantitative estimate of drug-likeness (QED) is 0.344. The summed E-state index contributed by atoms with van der Waals surface area (Å²) in [4.78, 5) is 33.8. The Labute approximate surface area is 110 Å². The number of nitrogens with zero attached hydrogens (tertiary/aromatic N) is 1. The molecular formula is C10H12N4O6. The second kappa shape index (κ2) is 4.52. The lowest BCUT2D eigenvalue weighted by Crippen LogP contribution is -2.32. The van der Waals surface area contributed by atoms with Crippen molar-refractivity contribution in [1.82, 2.24) is 19.9 Å². The molecule has 1 saturated heterocycles. The first-order valence-electron chi connectivity index (χ1n) is 5.86. The smallest absolute Gasteiger partial charge is 0.325 e. The van der Waals surface area contributed by atoms with E-state index in [2.05, 4.69) is 19.9 Å². The fourth-order valence-corrected chi connectivity index (χ4v) is 2.21. The van der Waals surface area contributed by atoms with Crippen molar-refractivity contribution in [3.63, 3.8) is 0 Å². The van der Waals surface area contributed by atoms with Crippen LogP contribution in [0.25, 0.3) is 11.2 Å². The summed E-state index contributed by atoms with van der Waals surface area (Å²) in [5.41, 5.74) is -1.20. The van der Waals surface area contributed by atoms with Gasteiger partial charge in [-0.3, -0.25) is 14.8 Å². The Morgan fingerprint density at radius 3 is 2.55 bits per heavy atom. The molecule has 2 aromatic rings. The van der Waals surface area contributed by atoms with Gasteiger partial charge in [0.15, 0.2) is 11.2 Å². The zero-order chi connectivity index (χ0) is 14.4. The minimum atomic E-state index is -1.35. The summed E-state index contributed by atoms with van der Waals surface area (Å²) in [7, 11) is 0. The molecule has 0 bridgehead atoms. The van der Waals surface area contributed by atoms with Crippen molar-refractivity contribution in [2.75, 3.05) is 6.61 Å². The molecule has 1 unspecified atom stereocenters. The Morgan fingerprint density at radius 2 is 1.90 bits per heavy atom. The third kappa shape index (κ3) is 1.86. The van der Waals surface area contributed by atoms with Gasteiger partial charge in [-0.25, -0.2) is 9.78 Å². The van der Waals surface area contributed by atoms with E-state index in [1.165, 1.54) is 0 Å². The van der Waals surface area contributed by atoms with Gasteiger partial charge < -0.3 is 25.0 Å². The van der Waals surface area contributed by atoms with Crippen molar-refractivity contribution in [1.29, 1.82) is 0 Å². The van der Waals surface area contributed by atoms with Crippen LogP contribution >= 0.6 is 0 Å². The molecule has 0 amide bonds. The van der Waals surface area contributed by atoms with Crippen molar-refractivity contribution >= 4 is 11.2 Å². The molecule has 3 heterocycles. The molecule has 4 atom stereocenters. The molecule has 20 heavy (non-hydrogen) atoms. The van der Waals surface area contributed by atoms with Gasteiger partial charge in [-0.2, -0.15) is 0 Å². The lowest BCUT2D eigenvalue weighted by atomic mass is 10.1. The van der Waals surface area contributed by atoms with Crippen LogP contribution in [0.15, 0.2) is 9.59 Å². The number of ether oxygens (including phenoxy) is 1. The van der Waals surface area contributed by atoms with E-state index in [9.17, 15) is 19.8 Å².